The fraction of sp³-hybridized carbons (Fsp3) is 0.619. The molecule has 0 radical (unpaired) electrons. The van der Waals surface area contributed by atoms with Crippen molar-refractivity contribution in [3.8, 4) is 5.75 Å². The molecule has 0 aromatic heterocycles. The number of ether oxygens (including phenoxy) is 1. The van der Waals surface area contributed by atoms with E-state index in [1.165, 1.54) is 12.0 Å². The molecule has 1 aromatic rings. The van der Waals surface area contributed by atoms with Crippen LogP contribution >= 0.6 is 0 Å². The molecular weight excluding hydrogens is 342 g/mol. The normalized spacial score (nSPS) is 21.4. The van der Waals surface area contributed by atoms with Crippen molar-refractivity contribution in [1.29, 1.82) is 0 Å². The molecule has 1 aromatic carbocycles. The van der Waals surface area contributed by atoms with Crippen molar-refractivity contribution in [1.82, 2.24) is 15.5 Å². The Balaban J connectivity index is 1.58. The zero-order valence-corrected chi connectivity index (χ0v) is 16.2. The quantitative estimate of drug-likeness (QED) is 0.830. The highest BCUT2D eigenvalue weighted by atomic mass is 16.5. The van der Waals surface area contributed by atoms with Crippen LogP contribution in [-0.2, 0) is 4.79 Å². The van der Waals surface area contributed by atoms with Gasteiger partial charge >= 0.3 is 6.03 Å². The van der Waals surface area contributed by atoms with E-state index in [0.29, 0.717) is 0 Å². The summed E-state index contributed by atoms with van der Waals surface area (Å²) >= 11 is 0. The summed E-state index contributed by atoms with van der Waals surface area (Å²) in [7, 11) is 1.66. The Hall–Kier alpha value is -2.08. The number of carbonyl (C=O) groups excluding carboxylic acids is 2. The topological polar surface area (TPSA) is 70.7 Å². The van der Waals surface area contributed by atoms with Crippen LogP contribution in [0.2, 0.25) is 0 Å². The Morgan fingerprint density at radius 2 is 1.74 bits per heavy atom. The van der Waals surface area contributed by atoms with Gasteiger partial charge in [0.05, 0.1) is 13.7 Å². The number of hydrogen-bond donors (Lipinski definition) is 2. The second kappa shape index (κ2) is 9.74. The van der Waals surface area contributed by atoms with Gasteiger partial charge in [-0.1, -0.05) is 37.8 Å². The van der Waals surface area contributed by atoms with Gasteiger partial charge in [0.15, 0.2) is 0 Å². The minimum absolute atomic E-state index is 0.196. The molecule has 27 heavy (non-hydrogen) atoms. The van der Waals surface area contributed by atoms with Gasteiger partial charge in [0.2, 0.25) is 5.91 Å². The number of likely N-dealkylation sites (tertiary alicyclic amines) is 1. The number of hydrogen-bond acceptors (Lipinski definition) is 4. The van der Waals surface area contributed by atoms with Gasteiger partial charge in [-0.05, 0) is 49.9 Å². The summed E-state index contributed by atoms with van der Waals surface area (Å²) in [5.41, 5.74) is 1.20. The van der Waals surface area contributed by atoms with Gasteiger partial charge in [-0.25, -0.2) is 4.79 Å². The van der Waals surface area contributed by atoms with Gasteiger partial charge in [0.25, 0.3) is 0 Å². The summed E-state index contributed by atoms with van der Waals surface area (Å²) in [4.78, 5) is 26.7. The van der Waals surface area contributed by atoms with Crippen LogP contribution in [0.3, 0.4) is 0 Å². The monoisotopic (exact) mass is 373 g/mol. The van der Waals surface area contributed by atoms with Gasteiger partial charge in [-0.2, -0.15) is 0 Å². The van der Waals surface area contributed by atoms with Crippen molar-refractivity contribution in [2.45, 2.75) is 63.5 Å². The van der Waals surface area contributed by atoms with Crippen LogP contribution in [0.5, 0.6) is 5.75 Å². The Morgan fingerprint density at radius 1 is 1.04 bits per heavy atom. The lowest BCUT2D eigenvalue weighted by Crippen LogP contribution is -2.47. The first-order valence-electron chi connectivity index (χ1n) is 10.1. The molecule has 2 N–H and O–H groups in total. The average molecular weight is 373 g/mol. The zero-order valence-electron chi connectivity index (χ0n) is 16.2. The largest absolute Gasteiger partial charge is 0.497 e. The SMILES string of the molecule is COc1ccc(C2CCCCCN2CC(=O)NC(=O)NC2CCCC2)cc1. The number of carbonyl (C=O) groups is 2. The van der Waals surface area contributed by atoms with Crippen LogP contribution in [0, 0.1) is 0 Å². The molecule has 1 saturated heterocycles. The van der Waals surface area contributed by atoms with Crippen LogP contribution in [-0.4, -0.2) is 43.1 Å². The van der Waals surface area contributed by atoms with Crippen molar-refractivity contribution < 1.29 is 14.3 Å². The second-order valence-corrected chi connectivity index (χ2v) is 7.61. The molecule has 1 aliphatic carbocycles. The first-order chi connectivity index (χ1) is 13.2. The van der Waals surface area contributed by atoms with E-state index in [2.05, 4.69) is 27.7 Å². The van der Waals surface area contributed by atoms with Crippen molar-refractivity contribution in [2.24, 2.45) is 0 Å². The maximum absolute atomic E-state index is 12.5. The maximum atomic E-state index is 12.5. The number of nitrogens with one attached hydrogen (secondary N) is 2. The van der Waals surface area contributed by atoms with Gasteiger partial charge < -0.3 is 10.1 Å². The molecular formula is C21H31N3O3. The zero-order chi connectivity index (χ0) is 19.1. The van der Waals surface area contributed by atoms with E-state index in [1.807, 2.05) is 12.1 Å². The summed E-state index contributed by atoms with van der Waals surface area (Å²) < 4.78 is 5.25. The van der Waals surface area contributed by atoms with Crippen molar-refractivity contribution in [3.63, 3.8) is 0 Å². The number of imide groups is 1. The minimum Gasteiger partial charge on any atom is -0.497 e. The van der Waals surface area contributed by atoms with E-state index in [9.17, 15) is 9.59 Å². The fourth-order valence-electron chi connectivity index (χ4n) is 4.20. The standard InChI is InChI=1S/C21H31N3O3/c1-27-18-12-10-16(11-13-18)19-9-3-2-6-14-24(19)15-20(25)23-21(26)22-17-7-4-5-8-17/h10-13,17,19H,2-9,14-15H2,1H3,(H2,22,23,25,26). The molecule has 1 aliphatic heterocycles. The lowest BCUT2D eigenvalue weighted by Gasteiger charge is -2.29. The van der Waals surface area contributed by atoms with E-state index < -0.39 is 0 Å². The molecule has 1 unspecified atom stereocenters. The van der Waals surface area contributed by atoms with E-state index >= 15 is 0 Å². The summed E-state index contributed by atoms with van der Waals surface area (Å²) in [5, 5.41) is 5.43. The van der Waals surface area contributed by atoms with Crippen molar-refractivity contribution in [2.75, 3.05) is 20.2 Å². The molecule has 3 rings (SSSR count). The van der Waals surface area contributed by atoms with E-state index in [0.717, 1.165) is 57.2 Å². The Kier molecular flexibility index (Phi) is 7.10. The molecule has 1 heterocycles. The van der Waals surface area contributed by atoms with E-state index in [-0.39, 0.29) is 30.6 Å². The first-order valence-corrected chi connectivity index (χ1v) is 10.1. The van der Waals surface area contributed by atoms with Crippen LogP contribution in [0.1, 0.15) is 63.0 Å². The molecule has 148 valence electrons. The Morgan fingerprint density at radius 3 is 2.44 bits per heavy atom. The summed E-state index contributed by atoms with van der Waals surface area (Å²) in [6.07, 6.45) is 8.74. The smallest absolute Gasteiger partial charge is 0.321 e. The predicted molar refractivity (Wildman–Crippen MR) is 105 cm³/mol. The Bertz CT molecular complexity index is 626. The molecule has 6 heteroatoms. The van der Waals surface area contributed by atoms with Crippen LogP contribution in [0.15, 0.2) is 24.3 Å². The number of amides is 3. The van der Waals surface area contributed by atoms with Crippen molar-refractivity contribution in [3.05, 3.63) is 29.8 Å². The van der Waals surface area contributed by atoms with Crippen LogP contribution in [0.25, 0.3) is 0 Å². The van der Waals surface area contributed by atoms with E-state index in [1.54, 1.807) is 7.11 Å². The molecule has 1 atom stereocenters. The third kappa shape index (κ3) is 5.70. The van der Waals surface area contributed by atoms with Gasteiger partial charge in [0.1, 0.15) is 5.75 Å². The molecule has 0 spiro atoms. The minimum atomic E-state index is -0.359. The Labute approximate surface area is 161 Å². The molecule has 2 aliphatic rings. The van der Waals surface area contributed by atoms with Gasteiger partial charge in [0, 0.05) is 12.1 Å². The lowest BCUT2D eigenvalue weighted by molar-refractivity contribution is -0.121. The molecule has 3 amide bonds. The summed E-state index contributed by atoms with van der Waals surface area (Å²) in [6.45, 7) is 1.11. The number of nitrogens with zero attached hydrogens (tertiary/aromatic N) is 1. The van der Waals surface area contributed by atoms with Crippen LogP contribution < -0.4 is 15.4 Å². The third-order valence-corrected chi connectivity index (χ3v) is 5.65. The molecule has 6 nitrogen and oxygen atoms in total. The van der Waals surface area contributed by atoms with Gasteiger partial charge in [-0.3, -0.25) is 15.0 Å². The first kappa shape index (κ1) is 19.7. The van der Waals surface area contributed by atoms with Gasteiger partial charge in [-0.15, -0.1) is 0 Å². The number of methoxy groups -OCH3 is 1. The van der Waals surface area contributed by atoms with Crippen LogP contribution in [0.4, 0.5) is 4.79 Å². The maximum Gasteiger partial charge on any atom is 0.321 e. The molecule has 2 fully saturated rings. The molecule has 0 bridgehead atoms. The van der Waals surface area contributed by atoms with Crippen molar-refractivity contribution >= 4 is 11.9 Å². The number of rotatable bonds is 5. The second-order valence-electron chi connectivity index (χ2n) is 7.61. The summed E-state index contributed by atoms with van der Waals surface area (Å²) in [5.74, 6) is 0.603. The lowest BCUT2D eigenvalue weighted by atomic mass is 10.0. The molecule has 1 saturated carbocycles. The number of urea groups is 1. The third-order valence-electron chi connectivity index (χ3n) is 5.65. The number of benzene rings is 1. The highest BCUT2D eigenvalue weighted by molar-refractivity contribution is 5.95. The highest BCUT2D eigenvalue weighted by Gasteiger charge is 2.25. The summed E-state index contributed by atoms with van der Waals surface area (Å²) in [6, 6.07) is 8.13. The predicted octanol–water partition coefficient (Wildman–Crippen LogP) is 3.38. The average Bonchev–Trinajstić information content (AvgIpc) is 3.06. The fourth-order valence-corrected chi connectivity index (χ4v) is 4.20. The highest BCUT2D eigenvalue weighted by Crippen LogP contribution is 2.30. The van der Waals surface area contributed by atoms with E-state index in [4.69, 9.17) is 4.74 Å².